The van der Waals surface area contributed by atoms with Crippen LogP contribution < -0.4 is 0 Å². The van der Waals surface area contributed by atoms with Gasteiger partial charge in [0.25, 0.3) is 0 Å². The van der Waals surface area contributed by atoms with Gasteiger partial charge in [0.05, 0.1) is 11.8 Å². The molecule has 1 heterocycles. The van der Waals surface area contributed by atoms with Gasteiger partial charge in [-0.25, -0.2) is 0 Å². The Balaban J connectivity index is 1.86. The highest BCUT2D eigenvalue weighted by Crippen LogP contribution is 2.41. The van der Waals surface area contributed by atoms with E-state index in [9.17, 15) is 9.59 Å². The predicted octanol–water partition coefficient (Wildman–Crippen LogP) is 0.966. The summed E-state index contributed by atoms with van der Waals surface area (Å²) in [6, 6.07) is 0. The molecule has 1 N–H and O–H groups in total. The number of amides is 1. The topological polar surface area (TPSA) is 57.6 Å². The van der Waals surface area contributed by atoms with Gasteiger partial charge in [-0.05, 0) is 18.8 Å². The first kappa shape index (κ1) is 10.5. The van der Waals surface area contributed by atoms with E-state index in [1.807, 2.05) is 4.90 Å². The molecule has 1 aliphatic heterocycles. The number of carboxylic acid groups (broad SMARTS) is 1. The summed E-state index contributed by atoms with van der Waals surface area (Å²) in [5.41, 5.74) is 0. The van der Waals surface area contributed by atoms with Crippen LogP contribution in [0.3, 0.4) is 0 Å². The largest absolute Gasteiger partial charge is 0.481 e. The predicted molar refractivity (Wildman–Crippen MR) is 54.2 cm³/mol. The van der Waals surface area contributed by atoms with Crippen LogP contribution in [0.15, 0.2) is 0 Å². The van der Waals surface area contributed by atoms with Crippen LogP contribution in [0.1, 0.15) is 26.2 Å². The summed E-state index contributed by atoms with van der Waals surface area (Å²) in [5.74, 6) is -0.759. The molecule has 0 aromatic rings. The van der Waals surface area contributed by atoms with Gasteiger partial charge in [0, 0.05) is 13.1 Å². The SMILES string of the molecule is CCC1CCN(C(=O)C2CC2C(=O)O)C1. The number of carbonyl (C=O) groups is 2. The summed E-state index contributed by atoms with van der Waals surface area (Å²) in [6.45, 7) is 3.79. The summed E-state index contributed by atoms with van der Waals surface area (Å²) in [6.07, 6.45) is 2.73. The van der Waals surface area contributed by atoms with Crippen LogP contribution in [-0.2, 0) is 9.59 Å². The van der Waals surface area contributed by atoms with E-state index in [4.69, 9.17) is 5.11 Å². The van der Waals surface area contributed by atoms with Gasteiger partial charge in [0.1, 0.15) is 0 Å². The third-order valence-corrected chi connectivity index (χ3v) is 3.60. The van der Waals surface area contributed by atoms with E-state index in [-0.39, 0.29) is 11.8 Å². The Hall–Kier alpha value is -1.06. The van der Waals surface area contributed by atoms with Crippen LogP contribution in [0, 0.1) is 17.8 Å². The zero-order valence-electron chi connectivity index (χ0n) is 8.98. The van der Waals surface area contributed by atoms with Crippen molar-refractivity contribution in [3.8, 4) is 0 Å². The first-order valence-electron chi connectivity index (χ1n) is 5.65. The minimum Gasteiger partial charge on any atom is -0.481 e. The number of hydrogen-bond donors (Lipinski definition) is 1. The molecule has 1 saturated heterocycles. The number of aliphatic carboxylic acids is 1. The molecule has 0 spiro atoms. The van der Waals surface area contributed by atoms with E-state index in [2.05, 4.69) is 6.92 Å². The molecule has 0 aromatic heterocycles. The lowest BCUT2D eigenvalue weighted by molar-refractivity contribution is -0.141. The summed E-state index contributed by atoms with van der Waals surface area (Å²) >= 11 is 0. The van der Waals surface area contributed by atoms with Crippen molar-refractivity contribution >= 4 is 11.9 Å². The molecular formula is C11H17NO3. The van der Waals surface area contributed by atoms with Gasteiger partial charge < -0.3 is 10.0 Å². The third kappa shape index (κ3) is 1.98. The maximum Gasteiger partial charge on any atom is 0.307 e. The minimum atomic E-state index is -0.820. The van der Waals surface area contributed by atoms with Crippen LogP contribution in [0.5, 0.6) is 0 Å². The standard InChI is InChI=1S/C11H17NO3/c1-2-7-3-4-12(6-7)10(13)8-5-9(8)11(14)15/h7-9H,2-6H2,1H3,(H,14,15). The van der Waals surface area contributed by atoms with Gasteiger partial charge in [-0.2, -0.15) is 0 Å². The number of hydrogen-bond acceptors (Lipinski definition) is 2. The zero-order chi connectivity index (χ0) is 11.0. The van der Waals surface area contributed by atoms with Crippen LogP contribution in [-0.4, -0.2) is 35.0 Å². The van der Waals surface area contributed by atoms with Crippen molar-refractivity contribution in [2.45, 2.75) is 26.2 Å². The monoisotopic (exact) mass is 211 g/mol. The Kier molecular flexibility index (Phi) is 2.67. The molecule has 4 nitrogen and oxygen atoms in total. The number of nitrogens with zero attached hydrogens (tertiary/aromatic N) is 1. The normalized spacial score (nSPS) is 34.2. The molecule has 1 saturated carbocycles. The van der Waals surface area contributed by atoms with Crippen LogP contribution in [0.25, 0.3) is 0 Å². The van der Waals surface area contributed by atoms with Crippen molar-refractivity contribution in [1.82, 2.24) is 4.90 Å². The second-order valence-corrected chi connectivity index (χ2v) is 4.63. The number of likely N-dealkylation sites (tertiary alicyclic amines) is 1. The summed E-state index contributed by atoms with van der Waals surface area (Å²) < 4.78 is 0. The Morgan fingerprint density at radius 1 is 1.40 bits per heavy atom. The highest BCUT2D eigenvalue weighted by atomic mass is 16.4. The van der Waals surface area contributed by atoms with Crippen LogP contribution in [0.2, 0.25) is 0 Å². The van der Waals surface area contributed by atoms with E-state index < -0.39 is 11.9 Å². The van der Waals surface area contributed by atoms with Crippen molar-refractivity contribution in [2.24, 2.45) is 17.8 Å². The first-order chi connectivity index (χ1) is 7.13. The minimum absolute atomic E-state index is 0.0679. The molecule has 4 heteroatoms. The second kappa shape index (κ2) is 3.83. The molecule has 0 radical (unpaired) electrons. The van der Waals surface area contributed by atoms with E-state index >= 15 is 0 Å². The highest BCUT2D eigenvalue weighted by Gasteiger charge is 2.50. The second-order valence-electron chi connectivity index (χ2n) is 4.63. The van der Waals surface area contributed by atoms with Crippen LogP contribution in [0.4, 0.5) is 0 Å². The average molecular weight is 211 g/mol. The number of rotatable bonds is 3. The lowest BCUT2D eigenvalue weighted by atomic mass is 10.1. The van der Waals surface area contributed by atoms with Crippen molar-refractivity contribution < 1.29 is 14.7 Å². The van der Waals surface area contributed by atoms with Crippen molar-refractivity contribution in [3.05, 3.63) is 0 Å². The van der Waals surface area contributed by atoms with Gasteiger partial charge in [-0.1, -0.05) is 13.3 Å². The van der Waals surface area contributed by atoms with Gasteiger partial charge in [0.2, 0.25) is 5.91 Å². The smallest absolute Gasteiger partial charge is 0.307 e. The molecule has 15 heavy (non-hydrogen) atoms. The Bertz CT molecular complexity index is 290. The molecule has 1 amide bonds. The molecule has 1 aliphatic carbocycles. The molecule has 0 aromatic carbocycles. The van der Waals surface area contributed by atoms with Gasteiger partial charge >= 0.3 is 5.97 Å². The zero-order valence-corrected chi connectivity index (χ0v) is 8.98. The van der Waals surface area contributed by atoms with Crippen molar-refractivity contribution in [1.29, 1.82) is 0 Å². The van der Waals surface area contributed by atoms with E-state index in [1.54, 1.807) is 0 Å². The van der Waals surface area contributed by atoms with E-state index in [1.165, 1.54) is 0 Å². The average Bonchev–Trinajstić information content (AvgIpc) is 2.88. The molecule has 0 bridgehead atoms. The molecule has 2 fully saturated rings. The summed E-state index contributed by atoms with van der Waals surface area (Å²) in [7, 11) is 0. The number of carbonyl (C=O) groups excluding carboxylic acids is 1. The fourth-order valence-electron chi connectivity index (χ4n) is 2.34. The molecule has 84 valence electrons. The lowest BCUT2D eigenvalue weighted by Gasteiger charge is -2.15. The summed E-state index contributed by atoms with van der Waals surface area (Å²) in [5, 5.41) is 8.74. The third-order valence-electron chi connectivity index (χ3n) is 3.60. The van der Waals surface area contributed by atoms with Gasteiger partial charge in [-0.15, -0.1) is 0 Å². The van der Waals surface area contributed by atoms with Gasteiger partial charge in [-0.3, -0.25) is 9.59 Å². The lowest BCUT2D eigenvalue weighted by Crippen LogP contribution is -2.31. The first-order valence-corrected chi connectivity index (χ1v) is 5.65. The van der Waals surface area contributed by atoms with Gasteiger partial charge in [0.15, 0.2) is 0 Å². The van der Waals surface area contributed by atoms with Crippen molar-refractivity contribution in [2.75, 3.05) is 13.1 Å². The molecule has 2 aliphatic rings. The van der Waals surface area contributed by atoms with E-state index in [0.29, 0.717) is 12.3 Å². The van der Waals surface area contributed by atoms with Crippen LogP contribution >= 0.6 is 0 Å². The summed E-state index contributed by atoms with van der Waals surface area (Å²) in [4.78, 5) is 24.3. The number of carboxylic acids is 1. The highest BCUT2D eigenvalue weighted by molar-refractivity contribution is 5.89. The fraction of sp³-hybridized carbons (Fsp3) is 0.818. The molecular weight excluding hydrogens is 194 g/mol. The van der Waals surface area contributed by atoms with E-state index in [0.717, 1.165) is 25.9 Å². The maximum absolute atomic E-state index is 11.8. The Morgan fingerprint density at radius 3 is 2.60 bits per heavy atom. The molecule has 3 atom stereocenters. The fourth-order valence-corrected chi connectivity index (χ4v) is 2.34. The molecule has 3 unspecified atom stereocenters. The Morgan fingerprint density at radius 2 is 2.13 bits per heavy atom. The quantitative estimate of drug-likeness (QED) is 0.756. The Labute approximate surface area is 89.3 Å². The maximum atomic E-state index is 11.8. The van der Waals surface area contributed by atoms with Crippen molar-refractivity contribution in [3.63, 3.8) is 0 Å². The molecule has 2 rings (SSSR count).